The smallest absolute Gasteiger partial charge is 0.186 e. The molecule has 1 saturated carbocycles. The highest BCUT2D eigenvalue weighted by atomic mass is 15.4. The monoisotopic (exact) mass is 252 g/mol. The van der Waals surface area contributed by atoms with Crippen LogP contribution in [0.4, 0.5) is 0 Å². The lowest BCUT2D eigenvalue weighted by Crippen LogP contribution is -2.19. The molecule has 4 nitrogen and oxygen atoms in total. The van der Waals surface area contributed by atoms with Gasteiger partial charge in [0.25, 0.3) is 0 Å². The van der Waals surface area contributed by atoms with E-state index >= 15 is 0 Å². The number of rotatable bonds is 3. The Labute approximate surface area is 112 Å². The molecule has 96 valence electrons. The van der Waals surface area contributed by atoms with E-state index in [9.17, 15) is 5.26 Å². The molecule has 1 aromatic carbocycles. The first-order valence-electron chi connectivity index (χ1n) is 6.71. The van der Waals surface area contributed by atoms with E-state index in [0.717, 1.165) is 18.5 Å². The first-order valence-corrected chi connectivity index (χ1v) is 6.71. The van der Waals surface area contributed by atoms with Crippen LogP contribution in [0.2, 0.25) is 0 Å². The molecule has 3 rings (SSSR count). The van der Waals surface area contributed by atoms with Gasteiger partial charge in [0.2, 0.25) is 0 Å². The van der Waals surface area contributed by atoms with Gasteiger partial charge in [-0.25, -0.2) is 4.68 Å². The van der Waals surface area contributed by atoms with Gasteiger partial charge in [-0.05, 0) is 25.3 Å². The van der Waals surface area contributed by atoms with Crippen molar-refractivity contribution in [2.75, 3.05) is 0 Å². The van der Waals surface area contributed by atoms with Crippen LogP contribution in [0.1, 0.15) is 55.1 Å². The molecule has 1 unspecified atom stereocenters. The number of benzene rings is 1. The summed E-state index contributed by atoms with van der Waals surface area (Å²) in [6, 6.07) is 12.5. The molecule has 0 amide bonds. The van der Waals surface area contributed by atoms with Crippen molar-refractivity contribution in [2.45, 2.75) is 38.1 Å². The van der Waals surface area contributed by atoms with Crippen LogP contribution in [0.5, 0.6) is 0 Å². The van der Waals surface area contributed by atoms with E-state index in [-0.39, 0.29) is 6.04 Å². The van der Waals surface area contributed by atoms with Crippen LogP contribution < -0.4 is 0 Å². The lowest BCUT2D eigenvalue weighted by molar-refractivity contribution is 0.379. The van der Waals surface area contributed by atoms with Crippen molar-refractivity contribution in [3.8, 4) is 6.07 Å². The maximum Gasteiger partial charge on any atom is 0.186 e. The Balaban J connectivity index is 2.01. The minimum Gasteiger partial charge on any atom is -0.240 e. The van der Waals surface area contributed by atoms with Crippen LogP contribution in [0.15, 0.2) is 30.3 Å². The van der Waals surface area contributed by atoms with E-state index in [4.69, 9.17) is 0 Å². The Kier molecular flexibility index (Phi) is 3.04. The SMILES string of the molecule is CC(c1ccccc1)n1nnc(C#N)c1C1CCC1. The molecule has 0 aliphatic heterocycles. The van der Waals surface area contributed by atoms with Crippen LogP contribution in [0.3, 0.4) is 0 Å². The molecule has 19 heavy (non-hydrogen) atoms. The van der Waals surface area contributed by atoms with Gasteiger partial charge >= 0.3 is 0 Å². The first-order chi connectivity index (χ1) is 9.31. The third-order valence-corrected chi connectivity index (χ3v) is 3.98. The highest BCUT2D eigenvalue weighted by Crippen LogP contribution is 2.38. The minimum atomic E-state index is 0.117. The van der Waals surface area contributed by atoms with Gasteiger partial charge in [-0.3, -0.25) is 0 Å². The molecular weight excluding hydrogens is 236 g/mol. The van der Waals surface area contributed by atoms with Crippen molar-refractivity contribution in [1.82, 2.24) is 15.0 Å². The van der Waals surface area contributed by atoms with E-state index in [1.54, 1.807) is 0 Å². The van der Waals surface area contributed by atoms with E-state index in [0.29, 0.717) is 11.6 Å². The van der Waals surface area contributed by atoms with Crippen LogP contribution in [0.25, 0.3) is 0 Å². The third-order valence-electron chi connectivity index (χ3n) is 3.98. The molecule has 0 radical (unpaired) electrons. The molecule has 0 saturated heterocycles. The fourth-order valence-electron chi connectivity index (χ4n) is 2.60. The predicted octanol–water partition coefficient (Wildman–Crippen LogP) is 3.03. The summed E-state index contributed by atoms with van der Waals surface area (Å²) in [5.74, 6) is 0.454. The fourth-order valence-corrected chi connectivity index (χ4v) is 2.60. The normalized spacial score (nSPS) is 16.6. The predicted molar refractivity (Wildman–Crippen MR) is 71.6 cm³/mol. The molecule has 4 heteroatoms. The van der Waals surface area contributed by atoms with Crippen LogP contribution in [0, 0.1) is 11.3 Å². The van der Waals surface area contributed by atoms with Gasteiger partial charge in [-0.2, -0.15) is 5.26 Å². The number of hydrogen-bond acceptors (Lipinski definition) is 3. The molecular formula is C15H16N4. The average molecular weight is 252 g/mol. The van der Waals surface area contributed by atoms with Crippen molar-refractivity contribution in [3.63, 3.8) is 0 Å². The molecule has 1 aliphatic carbocycles. The molecule has 1 atom stereocenters. The Morgan fingerprint density at radius 3 is 2.63 bits per heavy atom. The fraction of sp³-hybridized carbons (Fsp3) is 0.400. The number of nitrogens with zero attached hydrogens (tertiary/aromatic N) is 4. The summed E-state index contributed by atoms with van der Waals surface area (Å²) in [5.41, 5.74) is 2.70. The van der Waals surface area contributed by atoms with Crippen molar-refractivity contribution in [1.29, 1.82) is 5.26 Å². The Bertz CT molecular complexity index is 605. The molecule has 1 fully saturated rings. The van der Waals surface area contributed by atoms with E-state index in [1.807, 2.05) is 22.9 Å². The lowest BCUT2D eigenvalue weighted by Gasteiger charge is -2.27. The van der Waals surface area contributed by atoms with E-state index in [1.165, 1.54) is 12.0 Å². The zero-order chi connectivity index (χ0) is 13.2. The highest BCUT2D eigenvalue weighted by molar-refractivity contribution is 5.31. The van der Waals surface area contributed by atoms with Crippen LogP contribution in [-0.4, -0.2) is 15.0 Å². The number of nitriles is 1. The maximum absolute atomic E-state index is 9.19. The molecule has 0 N–H and O–H groups in total. The van der Waals surface area contributed by atoms with Gasteiger partial charge in [-0.1, -0.05) is 42.0 Å². The quantitative estimate of drug-likeness (QED) is 0.843. The Hall–Kier alpha value is -2.15. The van der Waals surface area contributed by atoms with Crippen LogP contribution >= 0.6 is 0 Å². The van der Waals surface area contributed by atoms with Gasteiger partial charge in [0.1, 0.15) is 6.07 Å². The molecule has 1 aromatic heterocycles. The van der Waals surface area contributed by atoms with Crippen molar-refractivity contribution in [3.05, 3.63) is 47.3 Å². The molecule has 2 aromatic rings. The Morgan fingerprint density at radius 2 is 2.05 bits per heavy atom. The highest BCUT2D eigenvalue weighted by Gasteiger charge is 2.29. The van der Waals surface area contributed by atoms with Gasteiger partial charge in [0, 0.05) is 5.92 Å². The van der Waals surface area contributed by atoms with Crippen molar-refractivity contribution < 1.29 is 0 Å². The summed E-state index contributed by atoms with van der Waals surface area (Å²) in [4.78, 5) is 0. The maximum atomic E-state index is 9.19. The molecule has 1 aliphatic rings. The summed E-state index contributed by atoms with van der Waals surface area (Å²) in [7, 11) is 0. The van der Waals surface area contributed by atoms with E-state index in [2.05, 4.69) is 35.4 Å². The standard InChI is InChI=1S/C15H16N4/c1-11(12-6-3-2-4-7-12)19-15(13-8-5-9-13)14(10-16)17-18-19/h2-4,6-7,11,13H,5,8-9H2,1H3. The second-order valence-corrected chi connectivity index (χ2v) is 5.09. The van der Waals surface area contributed by atoms with Crippen molar-refractivity contribution in [2.24, 2.45) is 0 Å². The summed E-state index contributed by atoms with van der Waals surface area (Å²) in [6.07, 6.45) is 3.52. The summed E-state index contributed by atoms with van der Waals surface area (Å²) in [6.45, 7) is 2.10. The summed E-state index contributed by atoms with van der Waals surface area (Å²) < 4.78 is 1.93. The van der Waals surface area contributed by atoms with Crippen LogP contribution in [-0.2, 0) is 0 Å². The average Bonchev–Trinajstić information content (AvgIpc) is 2.80. The topological polar surface area (TPSA) is 54.5 Å². The number of hydrogen-bond donors (Lipinski definition) is 0. The van der Waals surface area contributed by atoms with Gasteiger partial charge in [-0.15, -0.1) is 5.10 Å². The van der Waals surface area contributed by atoms with Gasteiger partial charge in [0.05, 0.1) is 11.7 Å². The zero-order valence-corrected chi connectivity index (χ0v) is 11.0. The van der Waals surface area contributed by atoms with Crippen molar-refractivity contribution >= 4 is 0 Å². The van der Waals surface area contributed by atoms with Gasteiger partial charge < -0.3 is 0 Å². The van der Waals surface area contributed by atoms with E-state index < -0.39 is 0 Å². The second kappa shape index (κ2) is 4.85. The minimum absolute atomic E-state index is 0.117. The zero-order valence-electron chi connectivity index (χ0n) is 11.0. The number of aromatic nitrogens is 3. The summed E-state index contributed by atoms with van der Waals surface area (Å²) in [5, 5.41) is 17.4. The molecule has 0 spiro atoms. The van der Waals surface area contributed by atoms with Gasteiger partial charge in [0.15, 0.2) is 5.69 Å². The molecule has 0 bridgehead atoms. The second-order valence-electron chi connectivity index (χ2n) is 5.09. The first kappa shape index (κ1) is 11.9. The Morgan fingerprint density at radius 1 is 1.32 bits per heavy atom. The summed E-state index contributed by atoms with van der Waals surface area (Å²) >= 11 is 0. The largest absolute Gasteiger partial charge is 0.240 e. The molecule has 1 heterocycles. The lowest BCUT2D eigenvalue weighted by atomic mass is 9.82. The third kappa shape index (κ3) is 2.01.